The van der Waals surface area contributed by atoms with Crippen LogP contribution in [0.1, 0.15) is 38.2 Å². The molecule has 2 fully saturated rings. The number of carbonyl (C=O) groups is 1. The van der Waals surface area contributed by atoms with E-state index in [-0.39, 0.29) is 23.5 Å². The Kier molecular flexibility index (Phi) is 5.05. The highest BCUT2D eigenvalue weighted by Gasteiger charge is 2.38. The minimum Gasteiger partial charge on any atom is -0.486 e. The lowest BCUT2D eigenvalue weighted by Crippen LogP contribution is -2.56. The van der Waals surface area contributed by atoms with Crippen molar-refractivity contribution in [3.8, 4) is 11.5 Å². The molecule has 1 aromatic rings. The van der Waals surface area contributed by atoms with Gasteiger partial charge in [-0.25, -0.2) is 0 Å². The summed E-state index contributed by atoms with van der Waals surface area (Å²) < 4.78 is 17.0. The Labute approximate surface area is 154 Å². The molecule has 2 atom stereocenters. The van der Waals surface area contributed by atoms with Gasteiger partial charge in [-0.1, -0.05) is 18.9 Å². The number of hydrogen-bond acceptors (Lipinski definition) is 5. The molecule has 1 amide bonds. The van der Waals surface area contributed by atoms with Gasteiger partial charge in [0, 0.05) is 18.5 Å². The van der Waals surface area contributed by atoms with Gasteiger partial charge in [0.1, 0.15) is 19.3 Å². The summed E-state index contributed by atoms with van der Waals surface area (Å²) in [6.07, 6.45) is 4.43. The van der Waals surface area contributed by atoms with Crippen molar-refractivity contribution in [2.24, 2.45) is 0 Å². The molecule has 2 aliphatic heterocycles. The maximum atomic E-state index is 12.7. The van der Waals surface area contributed by atoms with Gasteiger partial charge < -0.3 is 24.8 Å². The average Bonchev–Trinajstić information content (AvgIpc) is 3.16. The molecule has 0 radical (unpaired) electrons. The van der Waals surface area contributed by atoms with Crippen LogP contribution in [-0.4, -0.2) is 51.0 Å². The molecule has 0 bridgehead atoms. The Balaban J connectivity index is 1.49. The minimum absolute atomic E-state index is 0.0236. The first-order valence-electron chi connectivity index (χ1n) is 9.71. The molecule has 2 N–H and O–H groups in total. The van der Waals surface area contributed by atoms with Crippen molar-refractivity contribution in [1.82, 2.24) is 10.6 Å². The van der Waals surface area contributed by atoms with Gasteiger partial charge in [-0.2, -0.15) is 0 Å². The summed E-state index contributed by atoms with van der Waals surface area (Å²) in [4.78, 5) is 12.7. The van der Waals surface area contributed by atoms with Crippen molar-refractivity contribution in [2.75, 3.05) is 32.9 Å². The molecule has 26 heavy (non-hydrogen) atoms. The molecule has 0 unspecified atom stereocenters. The predicted molar refractivity (Wildman–Crippen MR) is 97.8 cm³/mol. The zero-order valence-corrected chi connectivity index (χ0v) is 15.4. The summed E-state index contributed by atoms with van der Waals surface area (Å²) in [6.45, 7) is 5.16. The Morgan fingerprint density at radius 3 is 2.73 bits per heavy atom. The second-order valence-electron chi connectivity index (χ2n) is 7.57. The summed E-state index contributed by atoms with van der Waals surface area (Å²) in [6, 6.07) is 5.97. The summed E-state index contributed by atoms with van der Waals surface area (Å²) in [7, 11) is 0. The van der Waals surface area contributed by atoms with E-state index in [1.807, 2.05) is 13.0 Å². The van der Waals surface area contributed by atoms with Crippen molar-refractivity contribution in [3.63, 3.8) is 0 Å². The normalized spacial score (nSPS) is 27.1. The highest BCUT2D eigenvalue weighted by atomic mass is 16.6. The molecule has 1 saturated heterocycles. The Hall–Kier alpha value is -1.79. The average molecular weight is 360 g/mol. The number of carbonyl (C=O) groups excluding carboxylic acids is 1. The van der Waals surface area contributed by atoms with Crippen LogP contribution in [0, 0.1) is 0 Å². The van der Waals surface area contributed by atoms with Gasteiger partial charge >= 0.3 is 0 Å². The standard InChI is InChI=1S/C20H28N2O4/c1-14-18(21-8-9-24-14)19(23)22-13-20(6-2-3-7-20)15-4-5-16-17(12-15)26-11-10-25-16/h4-5,12,14,18,21H,2-3,6-11,13H2,1H3,(H,22,23)/t14-,18+/m1/s1. The first-order valence-corrected chi connectivity index (χ1v) is 9.71. The molecule has 4 rings (SSSR count). The third kappa shape index (κ3) is 3.40. The van der Waals surface area contributed by atoms with E-state index in [0.717, 1.165) is 30.9 Å². The molecule has 0 spiro atoms. The summed E-state index contributed by atoms with van der Waals surface area (Å²) >= 11 is 0. The van der Waals surface area contributed by atoms with Gasteiger partial charge in [0.15, 0.2) is 11.5 Å². The summed E-state index contributed by atoms with van der Waals surface area (Å²) in [5.74, 6) is 1.66. The second kappa shape index (κ2) is 7.45. The SMILES string of the molecule is C[C@H]1OCCN[C@@H]1C(=O)NCC1(c2ccc3c(c2)OCCO3)CCCC1. The van der Waals surface area contributed by atoms with Crippen LogP contribution < -0.4 is 20.1 Å². The van der Waals surface area contributed by atoms with E-state index in [1.54, 1.807) is 0 Å². The third-order valence-corrected chi connectivity index (χ3v) is 5.92. The summed E-state index contributed by atoms with van der Waals surface area (Å²) in [5, 5.41) is 6.45. The zero-order valence-electron chi connectivity index (χ0n) is 15.4. The number of amides is 1. The molecular weight excluding hydrogens is 332 g/mol. The van der Waals surface area contributed by atoms with E-state index in [9.17, 15) is 4.79 Å². The third-order valence-electron chi connectivity index (χ3n) is 5.92. The zero-order chi connectivity index (χ0) is 18.0. The number of hydrogen-bond donors (Lipinski definition) is 2. The van der Waals surface area contributed by atoms with Gasteiger partial charge in [0.2, 0.25) is 5.91 Å². The lowest BCUT2D eigenvalue weighted by molar-refractivity contribution is -0.129. The first-order chi connectivity index (χ1) is 12.7. The van der Waals surface area contributed by atoms with E-state index >= 15 is 0 Å². The van der Waals surface area contributed by atoms with Crippen molar-refractivity contribution >= 4 is 5.91 Å². The first kappa shape index (κ1) is 17.6. The summed E-state index contributed by atoms with van der Waals surface area (Å²) in [5.41, 5.74) is 1.21. The monoisotopic (exact) mass is 360 g/mol. The van der Waals surface area contributed by atoms with Gasteiger partial charge in [-0.05, 0) is 37.5 Å². The van der Waals surface area contributed by atoms with E-state index < -0.39 is 0 Å². The molecule has 3 aliphatic rings. The lowest BCUT2D eigenvalue weighted by Gasteiger charge is -2.34. The number of fused-ring (bicyclic) bond motifs is 1. The number of nitrogens with one attached hydrogen (secondary N) is 2. The van der Waals surface area contributed by atoms with Gasteiger partial charge in [-0.3, -0.25) is 4.79 Å². The van der Waals surface area contributed by atoms with Crippen LogP contribution in [0.3, 0.4) is 0 Å². The van der Waals surface area contributed by atoms with Crippen LogP contribution in [-0.2, 0) is 14.9 Å². The molecule has 0 aromatic heterocycles. The molecule has 6 heteroatoms. The van der Waals surface area contributed by atoms with Gasteiger partial charge in [0.25, 0.3) is 0 Å². The van der Waals surface area contributed by atoms with Crippen LogP contribution in [0.4, 0.5) is 0 Å². The highest BCUT2D eigenvalue weighted by Crippen LogP contribution is 2.43. The van der Waals surface area contributed by atoms with Crippen molar-refractivity contribution < 1.29 is 19.0 Å². The highest BCUT2D eigenvalue weighted by molar-refractivity contribution is 5.82. The largest absolute Gasteiger partial charge is 0.486 e. The Morgan fingerprint density at radius 1 is 1.19 bits per heavy atom. The van der Waals surface area contributed by atoms with Crippen LogP contribution >= 0.6 is 0 Å². The molecular formula is C20H28N2O4. The van der Waals surface area contributed by atoms with Crippen molar-refractivity contribution in [3.05, 3.63) is 23.8 Å². The number of rotatable bonds is 4. The molecule has 6 nitrogen and oxygen atoms in total. The number of morpholine rings is 1. The van der Waals surface area contributed by atoms with Crippen LogP contribution in [0.25, 0.3) is 0 Å². The Bertz CT molecular complexity index is 657. The molecule has 1 aromatic carbocycles. The second-order valence-corrected chi connectivity index (χ2v) is 7.57. The fourth-order valence-electron chi connectivity index (χ4n) is 4.39. The lowest BCUT2D eigenvalue weighted by atomic mass is 9.78. The van der Waals surface area contributed by atoms with E-state index in [1.165, 1.54) is 18.4 Å². The van der Waals surface area contributed by atoms with E-state index in [2.05, 4.69) is 22.8 Å². The molecule has 1 saturated carbocycles. The maximum Gasteiger partial charge on any atom is 0.239 e. The van der Waals surface area contributed by atoms with Gasteiger partial charge in [-0.15, -0.1) is 0 Å². The maximum absolute atomic E-state index is 12.7. The number of ether oxygens (including phenoxy) is 3. The Morgan fingerprint density at radius 2 is 1.96 bits per heavy atom. The minimum atomic E-state index is -0.275. The van der Waals surface area contributed by atoms with E-state index in [0.29, 0.717) is 26.4 Å². The predicted octanol–water partition coefficient (Wildman–Crippen LogP) is 1.76. The number of benzene rings is 1. The van der Waals surface area contributed by atoms with Crippen LogP contribution in [0.2, 0.25) is 0 Å². The fourth-order valence-corrected chi connectivity index (χ4v) is 4.39. The quantitative estimate of drug-likeness (QED) is 0.856. The fraction of sp³-hybridized carbons (Fsp3) is 0.650. The van der Waals surface area contributed by atoms with Crippen molar-refractivity contribution in [1.29, 1.82) is 0 Å². The van der Waals surface area contributed by atoms with Crippen molar-refractivity contribution in [2.45, 2.75) is 50.2 Å². The molecule has 1 aliphatic carbocycles. The van der Waals surface area contributed by atoms with Crippen LogP contribution in [0.15, 0.2) is 18.2 Å². The molecule has 2 heterocycles. The van der Waals surface area contributed by atoms with Gasteiger partial charge in [0.05, 0.1) is 12.7 Å². The molecule has 142 valence electrons. The smallest absolute Gasteiger partial charge is 0.239 e. The van der Waals surface area contributed by atoms with Crippen LogP contribution in [0.5, 0.6) is 11.5 Å². The van der Waals surface area contributed by atoms with E-state index in [4.69, 9.17) is 14.2 Å². The topological polar surface area (TPSA) is 68.8 Å².